The number of benzene rings is 2. The SMILES string of the molecule is COc1cc(O)cc([C@H](OC)[C@@H](CO)Oc2c(OC)cc(C(O)C(O)CO)cc2OC)c1. The standard InChI is InChI=1S/C22H30O10/c1-28-15-6-13(5-14(25)9-15)21(31-4)19(11-24)32-22-17(29-2)7-12(8-18(22)30-3)20(27)16(26)10-23/h5-9,16,19-21,23-27H,10-11H2,1-4H3/t16?,19-,20?,21+/m1/s1. The Balaban J connectivity index is 2.46. The molecule has 0 aliphatic rings. The van der Waals surface area contributed by atoms with E-state index in [1.807, 2.05) is 0 Å². The minimum atomic E-state index is -1.40. The van der Waals surface area contributed by atoms with E-state index in [9.17, 15) is 20.4 Å². The number of aliphatic hydroxyl groups excluding tert-OH is 4. The fourth-order valence-corrected chi connectivity index (χ4v) is 3.25. The highest BCUT2D eigenvalue weighted by Crippen LogP contribution is 2.42. The molecule has 0 saturated heterocycles. The van der Waals surface area contributed by atoms with Gasteiger partial charge < -0.3 is 49.2 Å². The molecule has 0 aliphatic carbocycles. The van der Waals surface area contributed by atoms with Crippen LogP contribution in [0, 0.1) is 0 Å². The molecule has 5 N–H and O–H groups in total. The summed E-state index contributed by atoms with van der Waals surface area (Å²) >= 11 is 0. The average molecular weight is 454 g/mol. The molecule has 0 aliphatic heterocycles. The van der Waals surface area contributed by atoms with Gasteiger partial charge in [0.05, 0.1) is 34.5 Å². The van der Waals surface area contributed by atoms with E-state index < -0.39 is 37.6 Å². The van der Waals surface area contributed by atoms with E-state index in [0.717, 1.165) is 0 Å². The van der Waals surface area contributed by atoms with Crippen molar-refractivity contribution in [3.05, 3.63) is 41.5 Å². The van der Waals surface area contributed by atoms with Crippen molar-refractivity contribution in [1.82, 2.24) is 0 Å². The van der Waals surface area contributed by atoms with E-state index in [0.29, 0.717) is 11.3 Å². The third-order valence-electron chi connectivity index (χ3n) is 4.89. The summed E-state index contributed by atoms with van der Waals surface area (Å²) in [4.78, 5) is 0. The van der Waals surface area contributed by atoms with Crippen molar-refractivity contribution < 1.29 is 49.2 Å². The minimum Gasteiger partial charge on any atom is -0.508 e. The molecule has 4 atom stereocenters. The van der Waals surface area contributed by atoms with Crippen LogP contribution in [0.25, 0.3) is 0 Å². The summed E-state index contributed by atoms with van der Waals surface area (Å²) in [6, 6.07) is 7.39. The number of methoxy groups -OCH3 is 4. The maximum Gasteiger partial charge on any atom is 0.204 e. The Labute approximate surface area is 186 Å². The van der Waals surface area contributed by atoms with Crippen LogP contribution in [0.3, 0.4) is 0 Å². The number of aromatic hydroxyl groups is 1. The molecule has 0 saturated carbocycles. The zero-order valence-electron chi connectivity index (χ0n) is 18.4. The van der Waals surface area contributed by atoms with Gasteiger partial charge in [0.1, 0.15) is 29.8 Å². The quantitative estimate of drug-likeness (QED) is 0.314. The van der Waals surface area contributed by atoms with Gasteiger partial charge >= 0.3 is 0 Å². The molecule has 0 aromatic heterocycles. The second-order valence-electron chi connectivity index (χ2n) is 6.91. The van der Waals surface area contributed by atoms with Gasteiger partial charge in [0.25, 0.3) is 0 Å². The predicted molar refractivity (Wildman–Crippen MR) is 114 cm³/mol. The van der Waals surface area contributed by atoms with Crippen LogP contribution in [0.2, 0.25) is 0 Å². The van der Waals surface area contributed by atoms with Crippen molar-refractivity contribution in [1.29, 1.82) is 0 Å². The van der Waals surface area contributed by atoms with E-state index in [1.54, 1.807) is 6.07 Å². The van der Waals surface area contributed by atoms with Crippen LogP contribution in [0.5, 0.6) is 28.7 Å². The molecular formula is C22H30O10. The number of hydrogen-bond donors (Lipinski definition) is 5. The van der Waals surface area contributed by atoms with Gasteiger partial charge in [-0.3, -0.25) is 0 Å². The number of aliphatic hydroxyl groups is 4. The van der Waals surface area contributed by atoms with Gasteiger partial charge in [-0.25, -0.2) is 0 Å². The van der Waals surface area contributed by atoms with Gasteiger partial charge in [0.15, 0.2) is 17.6 Å². The van der Waals surface area contributed by atoms with E-state index in [1.165, 1.54) is 52.7 Å². The first-order valence-electron chi connectivity index (χ1n) is 9.74. The minimum absolute atomic E-state index is 0.0472. The van der Waals surface area contributed by atoms with Crippen LogP contribution in [0.1, 0.15) is 23.3 Å². The monoisotopic (exact) mass is 454 g/mol. The molecule has 10 heteroatoms. The molecule has 0 fully saturated rings. The van der Waals surface area contributed by atoms with Crippen LogP contribution in [-0.4, -0.2) is 79.4 Å². The molecule has 2 aromatic carbocycles. The Morgan fingerprint density at radius 1 is 0.781 bits per heavy atom. The van der Waals surface area contributed by atoms with Crippen molar-refractivity contribution in [2.24, 2.45) is 0 Å². The van der Waals surface area contributed by atoms with Gasteiger partial charge in [-0.15, -0.1) is 0 Å². The summed E-state index contributed by atoms with van der Waals surface area (Å²) < 4.78 is 27.5. The molecule has 0 radical (unpaired) electrons. The predicted octanol–water partition coefficient (Wildman–Crippen LogP) is 0.932. The number of rotatable bonds is 12. The lowest BCUT2D eigenvalue weighted by Crippen LogP contribution is -2.31. The summed E-state index contributed by atoms with van der Waals surface area (Å²) in [5.74, 6) is 0.789. The smallest absolute Gasteiger partial charge is 0.204 e. The molecular weight excluding hydrogens is 424 g/mol. The summed E-state index contributed by atoms with van der Waals surface area (Å²) in [5, 5.41) is 49.1. The molecule has 0 bridgehead atoms. The Kier molecular flexibility index (Phi) is 9.36. The third kappa shape index (κ3) is 5.72. The van der Waals surface area contributed by atoms with Crippen molar-refractivity contribution in [3.63, 3.8) is 0 Å². The van der Waals surface area contributed by atoms with Crippen LogP contribution < -0.4 is 18.9 Å². The topological polar surface area (TPSA) is 147 Å². The van der Waals surface area contributed by atoms with Crippen molar-refractivity contribution in [3.8, 4) is 28.7 Å². The largest absolute Gasteiger partial charge is 0.508 e. The lowest BCUT2D eigenvalue weighted by Gasteiger charge is -2.28. The maximum atomic E-state index is 10.2. The van der Waals surface area contributed by atoms with Gasteiger partial charge in [-0.2, -0.15) is 0 Å². The summed E-state index contributed by atoms with van der Waals surface area (Å²) in [5.41, 5.74) is 0.730. The number of phenolic OH excluding ortho intramolecular Hbond substituents is 1. The number of phenols is 1. The van der Waals surface area contributed by atoms with Crippen LogP contribution in [0.4, 0.5) is 0 Å². The molecule has 178 valence electrons. The third-order valence-corrected chi connectivity index (χ3v) is 4.89. The Hall–Kier alpha value is -2.76. The normalized spacial score (nSPS) is 14.9. The van der Waals surface area contributed by atoms with Crippen molar-refractivity contribution >= 4 is 0 Å². The maximum absolute atomic E-state index is 10.2. The first-order chi connectivity index (χ1) is 15.3. The fourth-order valence-electron chi connectivity index (χ4n) is 3.25. The Bertz CT molecular complexity index is 847. The summed E-state index contributed by atoms with van der Waals surface area (Å²) in [6.07, 6.45) is -4.55. The second kappa shape index (κ2) is 11.7. The summed E-state index contributed by atoms with van der Waals surface area (Å²) in [6.45, 7) is -1.10. The van der Waals surface area contributed by atoms with Crippen LogP contribution >= 0.6 is 0 Å². The van der Waals surface area contributed by atoms with Gasteiger partial charge in [-0.05, 0) is 35.4 Å². The number of hydrogen-bond acceptors (Lipinski definition) is 10. The van der Waals surface area contributed by atoms with Gasteiger partial charge in [0, 0.05) is 13.2 Å². The lowest BCUT2D eigenvalue weighted by atomic mass is 10.0. The number of ether oxygens (including phenoxy) is 5. The van der Waals surface area contributed by atoms with E-state index in [-0.39, 0.29) is 28.6 Å². The van der Waals surface area contributed by atoms with Crippen molar-refractivity contribution in [2.45, 2.75) is 24.4 Å². The van der Waals surface area contributed by atoms with E-state index in [4.69, 9.17) is 28.8 Å². The molecule has 0 spiro atoms. The highest BCUT2D eigenvalue weighted by atomic mass is 16.6. The van der Waals surface area contributed by atoms with Crippen LogP contribution in [-0.2, 0) is 4.74 Å². The molecule has 2 unspecified atom stereocenters. The molecule has 32 heavy (non-hydrogen) atoms. The van der Waals surface area contributed by atoms with Crippen molar-refractivity contribution in [2.75, 3.05) is 41.7 Å². The first-order valence-corrected chi connectivity index (χ1v) is 9.74. The summed E-state index contributed by atoms with van der Waals surface area (Å²) in [7, 11) is 5.64. The molecule has 2 aromatic rings. The van der Waals surface area contributed by atoms with Gasteiger partial charge in [-0.1, -0.05) is 0 Å². The second-order valence-corrected chi connectivity index (χ2v) is 6.91. The van der Waals surface area contributed by atoms with Gasteiger partial charge in [0.2, 0.25) is 5.75 Å². The highest BCUT2D eigenvalue weighted by molar-refractivity contribution is 5.54. The molecule has 0 amide bonds. The zero-order valence-corrected chi connectivity index (χ0v) is 18.4. The highest BCUT2D eigenvalue weighted by Gasteiger charge is 2.29. The van der Waals surface area contributed by atoms with Crippen LogP contribution in [0.15, 0.2) is 30.3 Å². The molecule has 0 heterocycles. The van der Waals surface area contributed by atoms with E-state index in [2.05, 4.69) is 0 Å². The first kappa shape index (κ1) is 25.5. The zero-order chi connectivity index (χ0) is 23.8. The molecule has 10 nitrogen and oxygen atoms in total. The fraction of sp³-hybridized carbons (Fsp3) is 0.455. The molecule has 2 rings (SSSR count). The Morgan fingerprint density at radius 3 is 1.88 bits per heavy atom. The lowest BCUT2D eigenvalue weighted by molar-refractivity contribution is -0.0278. The Morgan fingerprint density at radius 2 is 1.41 bits per heavy atom. The van der Waals surface area contributed by atoms with E-state index >= 15 is 0 Å². The average Bonchev–Trinajstić information content (AvgIpc) is 2.81.